The number of methoxy groups -OCH3 is 1. The molecule has 0 aromatic heterocycles. The summed E-state index contributed by atoms with van der Waals surface area (Å²) >= 11 is 0. The topological polar surface area (TPSA) is 61.8 Å². The third-order valence-electron chi connectivity index (χ3n) is 3.64. The molecular weight excluding hydrogens is 436 g/mol. The Morgan fingerprint density at radius 3 is 2.07 bits per heavy atom. The standard InChI is InChI=1S/C17H16F8O5/c1-9-3-4-10(28-2)11(7-9)30-13(27)6-5-12(26)29-8-15(20,21)17(24,25)16(22,23)14(18)19/h3-4,7,14H,5-6,8H2,1-2H3. The van der Waals surface area contributed by atoms with E-state index in [0.717, 1.165) is 0 Å². The maximum atomic E-state index is 13.3. The summed E-state index contributed by atoms with van der Waals surface area (Å²) < 4.78 is 116. The molecule has 0 radical (unpaired) electrons. The molecule has 0 saturated heterocycles. The molecule has 1 aromatic carbocycles. The Hall–Kier alpha value is -2.60. The van der Waals surface area contributed by atoms with Crippen molar-refractivity contribution in [1.29, 1.82) is 0 Å². The van der Waals surface area contributed by atoms with Crippen LogP contribution in [0.3, 0.4) is 0 Å². The van der Waals surface area contributed by atoms with Crippen molar-refractivity contribution in [2.24, 2.45) is 0 Å². The molecule has 0 aliphatic rings. The number of esters is 2. The van der Waals surface area contributed by atoms with Gasteiger partial charge in [0.15, 0.2) is 18.1 Å². The van der Waals surface area contributed by atoms with E-state index in [-0.39, 0.29) is 11.5 Å². The van der Waals surface area contributed by atoms with Crippen LogP contribution in [-0.4, -0.2) is 49.8 Å². The molecule has 13 heteroatoms. The van der Waals surface area contributed by atoms with Crippen molar-refractivity contribution in [1.82, 2.24) is 0 Å². The minimum absolute atomic E-state index is 0.0173. The van der Waals surface area contributed by atoms with Gasteiger partial charge in [-0.1, -0.05) is 6.07 Å². The number of hydrogen-bond donors (Lipinski definition) is 0. The molecule has 1 rings (SSSR count). The number of halogens is 8. The highest BCUT2D eigenvalue weighted by molar-refractivity contribution is 5.79. The van der Waals surface area contributed by atoms with Crippen molar-refractivity contribution >= 4 is 11.9 Å². The highest BCUT2D eigenvalue weighted by Gasteiger charge is 2.75. The van der Waals surface area contributed by atoms with E-state index < -0.39 is 55.6 Å². The van der Waals surface area contributed by atoms with Crippen molar-refractivity contribution in [3.63, 3.8) is 0 Å². The van der Waals surface area contributed by atoms with Crippen LogP contribution in [0.1, 0.15) is 18.4 Å². The molecule has 0 aliphatic heterocycles. The zero-order valence-electron chi connectivity index (χ0n) is 15.5. The van der Waals surface area contributed by atoms with Crippen LogP contribution >= 0.6 is 0 Å². The maximum Gasteiger partial charge on any atom is 0.381 e. The summed E-state index contributed by atoms with van der Waals surface area (Å²) in [6.45, 7) is -0.927. The monoisotopic (exact) mass is 452 g/mol. The number of benzene rings is 1. The molecule has 30 heavy (non-hydrogen) atoms. The van der Waals surface area contributed by atoms with Gasteiger partial charge in [-0.15, -0.1) is 0 Å². The second-order valence-corrected chi connectivity index (χ2v) is 5.99. The van der Waals surface area contributed by atoms with Gasteiger partial charge in [0, 0.05) is 0 Å². The summed E-state index contributed by atoms with van der Waals surface area (Å²) in [6, 6.07) is 4.53. The molecule has 5 nitrogen and oxygen atoms in total. The SMILES string of the molecule is COc1ccc(C)cc1OC(=O)CCC(=O)OCC(F)(F)C(F)(F)C(F)(F)C(F)F. The van der Waals surface area contributed by atoms with Crippen molar-refractivity contribution in [3.05, 3.63) is 23.8 Å². The Bertz CT molecular complexity index is 767. The van der Waals surface area contributed by atoms with Gasteiger partial charge in [-0.25, -0.2) is 8.78 Å². The zero-order chi connectivity index (χ0) is 23.3. The van der Waals surface area contributed by atoms with E-state index in [2.05, 4.69) is 4.74 Å². The molecule has 0 fully saturated rings. The van der Waals surface area contributed by atoms with E-state index in [4.69, 9.17) is 9.47 Å². The Morgan fingerprint density at radius 1 is 0.967 bits per heavy atom. The summed E-state index contributed by atoms with van der Waals surface area (Å²) in [5.41, 5.74) is 0.682. The fourth-order valence-electron chi connectivity index (χ4n) is 1.96. The first-order valence-corrected chi connectivity index (χ1v) is 8.08. The van der Waals surface area contributed by atoms with E-state index in [0.29, 0.717) is 5.56 Å². The first kappa shape index (κ1) is 25.4. The van der Waals surface area contributed by atoms with Gasteiger partial charge in [0.2, 0.25) is 0 Å². The van der Waals surface area contributed by atoms with Gasteiger partial charge in [0.05, 0.1) is 20.0 Å². The molecule has 170 valence electrons. The molecule has 0 bridgehead atoms. The average molecular weight is 452 g/mol. The number of alkyl halides is 8. The van der Waals surface area contributed by atoms with Gasteiger partial charge >= 0.3 is 36.1 Å². The van der Waals surface area contributed by atoms with Gasteiger partial charge in [-0.05, 0) is 24.6 Å². The lowest BCUT2D eigenvalue weighted by Crippen LogP contribution is -2.59. The van der Waals surface area contributed by atoms with Crippen LogP contribution < -0.4 is 9.47 Å². The highest BCUT2D eigenvalue weighted by atomic mass is 19.4. The van der Waals surface area contributed by atoms with Crippen LogP contribution in [0.5, 0.6) is 11.5 Å². The maximum absolute atomic E-state index is 13.3. The lowest BCUT2D eigenvalue weighted by molar-refractivity contribution is -0.344. The van der Waals surface area contributed by atoms with Gasteiger partial charge in [-0.2, -0.15) is 26.3 Å². The summed E-state index contributed by atoms with van der Waals surface area (Å²) in [5.74, 6) is -21.2. The predicted molar refractivity (Wildman–Crippen MR) is 84.4 cm³/mol. The smallest absolute Gasteiger partial charge is 0.381 e. The Kier molecular flexibility index (Phi) is 8.03. The summed E-state index contributed by atoms with van der Waals surface area (Å²) in [5, 5.41) is 0. The third kappa shape index (κ3) is 5.72. The fraction of sp³-hybridized carbons (Fsp3) is 0.529. The fourth-order valence-corrected chi connectivity index (χ4v) is 1.96. The molecule has 1 aromatic rings. The second-order valence-electron chi connectivity index (χ2n) is 5.99. The van der Waals surface area contributed by atoms with Gasteiger partial charge in [0.25, 0.3) is 0 Å². The Labute approximate surface area is 164 Å². The third-order valence-corrected chi connectivity index (χ3v) is 3.64. The highest BCUT2D eigenvalue weighted by Crippen LogP contribution is 2.48. The molecule has 0 heterocycles. The van der Waals surface area contributed by atoms with Gasteiger partial charge < -0.3 is 14.2 Å². The van der Waals surface area contributed by atoms with Crippen LogP contribution in [0, 0.1) is 6.92 Å². The number of rotatable bonds is 10. The normalized spacial score (nSPS) is 12.6. The number of hydrogen-bond acceptors (Lipinski definition) is 5. The quantitative estimate of drug-likeness (QED) is 0.299. The molecule has 0 aliphatic carbocycles. The predicted octanol–water partition coefficient (Wildman–Crippen LogP) is 4.40. The van der Waals surface area contributed by atoms with Crippen LogP contribution in [0.25, 0.3) is 0 Å². The van der Waals surface area contributed by atoms with E-state index in [1.807, 2.05) is 0 Å². The van der Waals surface area contributed by atoms with Crippen LogP contribution in [0.2, 0.25) is 0 Å². The lowest BCUT2D eigenvalue weighted by Gasteiger charge is -2.31. The van der Waals surface area contributed by atoms with Gasteiger partial charge in [0.1, 0.15) is 0 Å². The lowest BCUT2D eigenvalue weighted by atomic mass is 10.1. The van der Waals surface area contributed by atoms with Crippen LogP contribution in [0.4, 0.5) is 35.1 Å². The molecule has 0 unspecified atom stereocenters. The summed E-state index contributed by atoms with van der Waals surface area (Å²) in [6.07, 6.45) is -6.76. The van der Waals surface area contributed by atoms with Crippen molar-refractivity contribution in [3.8, 4) is 11.5 Å². The molecule has 0 N–H and O–H groups in total. The van der Waals surface area contributed by atoms with E-state index in [1.165, 1.54) is 19.2 Å². The first-order chi connectivity index (χ1) is 13.7. The van der Waals surface area contributed by atoms with E-state index in [1.54, 1.807) is 13.0 Å². The zero-order valence-corrected chi connectivity index (χ0v) is 15.5. The Morgan fingerprint density at radius 2 is 1.53 bits per heavy atom. The summed E-state index contributed by atoms with van der Waals surface area (Å²) in [4.78, 5) is 23.1. The minimum Gasteiger partial charge on any atom is -0.493 e. The molecule has 0 amide bonds. The number of ether oxygens (including phenoxy) is 3. The number of carbonyl (C=O) groups excluding carboxylic acids is 2. The van der Waals surface area contributed by atoms with E-state index >= 15 is 0 Å². The molecular formula is C17H16F8O5. The van der Waals surface area contributed by atoms with Crippen LogP contribution in [0.15, 0.2) is 18.2 Å². The first-order valence-electron chi connectivity index (χ1n) is 8.08. The molecule has 0 saturated carbocycles. The minimum atomic E-state index is -6.49. The van der Waals surface area contributed by atoms with E-state index in [9.17, 15) is 44.7 Å². The van der Waals surface area contributed by atoms with Crippen molar-refractivity contribution in [2.75, 3.05) is 13.7 Å². The van der Waals surface area contributed by atoms with Crippen molar-refractivity contribution < 1.29 is 58.9 Å². The van der Waals surface area contributed by atoms with Crippen molar-refractivity contribution in [2.45, 2.75) is 44.0 Å². The second kappa shape index (κ2) is 9.47. The van der Waals surface area contributed by atoms with Gasteiger partial charge in [-0.3, -0.25) is 9.59 Å². The number of aryl methyl sites for hydroxylation is 1. The summed E-state index contributed by atoms with van der Waals surface area (Å²) in [7, 11) is 1.28. The molecule has 0 atom stereocenters. The number of carbonyl (C=O) groups is 2. The Balaban J connectivity index is 2.63. The van der Waals surface area contributed by atoms with Crippen LogP contribution in [-0.2, 0) is 14.3 Å². The average Bonchev–Trinajstić information content (AvgIpc) is 2.64. The molecule has 0 spiro atoms. The largest absolute Gasteiger partial charge is 0.493 e.